The highest BCUT2D eigenvalue weighted by Crippen LogP contribution is 2.32. The van der Waals surface area contributed by atoms with Crippen molar-refractivity contribution in [1.29, 1.82) is 0 Å². The van der Waals surface area contributed by atoms with Crippen molar-refractivity contribution in [3.8, 4) is 16.5 Å². The zero-order valence-electron chi connectivity index (χ0n) is 14.6. The van der Waals surface area contributed by atoms with Crippen molar-refractivity contribution < 1.29 is 0 Å². The van der Waals surface area contributed by atoms with Gasteiger partial charge in [0, 0.05) is 19.5 Å². The van der Waals surface area contributed by atoms with Crippen LogP contribution >= 0.6 is 54.8 Å². The van der Waals surface area contributed by atoms with Gasteiger partial charge in [-0.05, 0) is 46.3 Å². The molecule has 0 amide bonds. The average molecular weight is 548 g/mol. The van der Waals surface area contributed by atoms with Crippen LogP contribution in [0.4, 0.5) is 0 Å². The van der Waals surface area contributed by atoms with Crippen LogP contribution in [0.15, 0.2) is 74.4 Å². The molecule has 5 aromatic rings. The van der Waals surface area contributed by atoms with E-state index in [1.165, 1.54) is 11.3 Å². The summed E-state index contributed by atoms with van der Waals surface area (Å²) in [5.74, 6) is 0.540. The highest BCUT2D eigenvalue weighted by molar-refractivity contribution is 9.11. The lowest BCUT2D eigenvalue weighted by Crippen LogP contribution is -2.22. The Kier molecular flexibility index (Phi) is 4.78. The van der Waals surface area contributed by atoms with Crippen molar-refractivity contribution in [3.05, 3.63) is 85.0 Å². The Morgan fingerprint density at radius 3 is 2.52 bits per heavy atom. The van der Waals surface area contributed by atoms with Gasteiger partial charge in [-0.3, -0.25) is 4.79 Å². The van der Waals surface area contributed by atoms with Crippen LogP contribution in [-0.2, 0) is 0 Å². The fourth-order valence-corrected chi connectivity index (χ4v) is 5.66. The second-order valence-electron chi connectivity index (χ2n) is 6.33. The maximum absolute atomic E-state index is 13.6. The predicted molar refractivity (Wildman–Crippen MR) is 126 cm³/mol. The van der Waals surface area contributed by atoms with Gasteiger partial charge in [-0.2, -0.15) is 0 Å². The molecule has 0 saturated heterocycles. The van der Waals surface area contributed by atoms with Crippen LogP contribution in [0.25, 0.3) is 37.6 Å². The van der Waals surface area contributed by atoms with Gasteiger partial charge < -0.3 is 0 Å². The zero-order valence-corrected chi connectivity index (χ0v) is 19.3. The molecule has 0 atom stereocenters. The summed E-state index contributed by atoms with van der Waals surface area (Å²) in [4.78, 5) is 23.1. The molecule has 5 rings (SSSR count). The number of benzene rings is 3. The summed E-state index contributed by atoms with van der Waals surface area (Å²) in [5, 5.41) is 1.66. The SMILES string of the molecule is O=c1c2c(Br)cc(Br)cc2nc(-c2ccccc2)n1-c1nc2cc(Cl)ccc2s1. The van der Waals surface area contributed by atoms with E-state index in [1.807, 2.05) is 54.6 Å². The van der Waals surface area contributed by atoms with Crippen molar-refractivity contribution in [1.82, 2.24) is 14.5 Å². The molecule has 0 aliphatic heterocycles. The molecule has 4 nitrogen and oxygen atoms in total. The van der Waals surface area contributed by atoms with Crippen LogP contribution in [0.3, 0.4) is 0 Å². The van der Waals surface area contributed by atoms with Gasteiger partial charge in [0.1, 0.15) is 5.82 Å². The maximum atomic E-state index is 13.6. The highest BCUT2D eigenvalue weighted by atomic mass is 79.9. The molecule has 0 unspecified atom stereocenters. The molecular weight excluding hydrogens is 538 g/mol. The molecule has 0 spiro atoms. The summed E-state index contributed by atoms with van der Waals surface area (Å²) < 4.78 is 4.05. The summed E-state index contributed by atoms with van der Waals surface area (Å²) in [6, 6.07) is 18.9. The Morgan fingerprint density at radius 1 is 0.931 bits per heavy atom. The molecule has 3 aromatic carbocycles. The first kappa shape index (κ1) is 18.9. The van der Waals surface area contributed by atoms with Gasteiger partial charge in [0.15, 0.2) is 5.13 Å². The van der Waals surface area contributed by atoms with Crippen molar-refractivity contribution in [2.75, 3.05) is 0 Å². The molecule has 0 saturated carbocycles. The minimum absolute atomic E-state index is 0.182. The Hall–Kier alpha value is -2.06. The van der Waals surface area contributed by atoms with E-state index in [-0.39, 0.29) is 5.56 Å². The van der Waals surface area contributed by atoms with Crippen LogP contribution in [0.1, 0.15) is 0 Å². The Morgan fingerprint density at radius 2 is 1.72 bits per heavy atom. The summed E-state index contributed by atoms with van der Waals surface area (Å²) >= 11 is 14.5. The molecule has 0 fully saturated rings. The Labute approximate surface area is 191 Å². The molecule has 0 aliphatic rings. The maximum Gasteiger partial charge on any atom is 0.269 e. The van der Waals surface area contributed by atoms with Gasteiger partial charge in [0.2, 0.25) is 0 Å². The van der Waals surface area contributed by atoms with Gasteiger partial charge in [-0.1, -0.05) is 69.2 Å². The molecule has 29 heavy (non-hydrogen) atoms. The van der Waals surface area contributed by atoms with Crippen LogP contribution in [0.5, 0.6) is 0 Å². The summed E-state index contributed by atoms with van der Waals surface area (Å²) in [6.45, 7) is 0. The summed E-state index contributed by atoms with van der Waals surface area (Å²) in [7, 11) is 0. The molecule has 8 heteroatoms. The molecule has 0 aliphatic carbocycles. The molecule has 0 radical (unpaired) electrons. The first-order valence-electron chi connectivity index (χ1n) is 8.55. The first-order valence-corrected chi connectivity index (χ1v) is 11.3. The van der Waals surface area contributed by atoms with Crippen molar-refractivity contribution in [2.24, 2.45) is 0 Å². The quantitative estimate of drug-likeness (QED) is 0.243. The number of rotatable bonds is 2. The van der Waals surface area contributed by atoms with E-state index in [9.17, 15) is 4.79 Å². The van der Waals surface area contributed by atoms with Gasteiger partial charge >= 0.3 is 0 Å². The standard InChI is InChI=1S/C21H10Br2ClN3OS/c22-12-8-14(23)18-16(9-12)25-19(11-4-2-1-3-5-11)27(20(18)28)21-26-15-10-13(24)6-7-17(15)29-21/h1-10H. The lowest BCUT2D eigenvalue weighted by molar-refractivity contribution is 0.964. The number of fused-ring (bicyclic) bond motifs is 2. The van der Waals surface area contributed by atoms with E-state index in [0.717, 1.165) is 20.3 Å². The minimum Gasteiger partial charge on any atom is -0.268 e. The molecule has 2 aromatic heterocycles. The van der Waals surface area contributed by atoms with Crippen molar-refractivity contribution in [2.45, 2.75) is 0 Å². The van der Waals surface area contributed by atoms with E-state index in [2.05, 4.69) is 36.8 Å². The average Bonchev–Trinajstić information content (AvgIpc) is 3.10. The summed E-state index contributed by atoms with van der Waals surface area (Å²) in [5.41, 5.74) is 2.01. The molecule has 2 heterocycles. The van der Waals surface area contributed by atoms with Crippen LogP contribution in [0, 0.1) is 0 Å². The van der Waals surface area contributed by atoms with Crippen LogP contribution < -0.4 is 5.56 Å². The Bertz CT molecular complexity index is 1460. The smallest absolute Gasteiger partial charge is 0.268 e. The van der Waals surface area contributed by atoms with E-state index in [1.54, 1.807) is 10.6 Å². The van der Waals surface area contributed by atoms with Gasteiger partial charge in [-0.15, -0.1) is 0 Å². The predicted octanol–water partition coefficient (Wildman–Crippen LogP) is 6.84. The van der Waals surface area contributed by atoms with E-state index >= 15 is 0 Å². The number of nitrogens with zero attached hydrogens (tertiary/aromatic N) is 3. The topological polar surface area (TPSA) is 47.8 Å². The fourth-order valence-electron chi connectivity index (χ4n) is 3.17. The fraction of sp³-hybridized carbons (Fsp3) is 0. The third-order valence-electron chi connectivity index (χ3n) is 4.45. The molecule has 0 bridgehead atoms. The third kappa shape index (κ3) is 3.32. The number of thiazole rings is 1. The van der Waals surface area contributed by atoms with Crippen molar-refractivity contribution >= 4 is 75.9 Å². The number of hydrogen-bond acceptors (Lipinski definition) is 4. The second kappa shape index (κ2) is 7.32. The van der Waals surface area contributed by atoms with E-state index < -0.39 is 0 Å². The van der Waals surface area contributed by atoms with Gasteiger partial charge in [-0.25, -0.2) is 14.5 Å². The lowest BCUT2D eigenvalue weighted by atomic mass is 10.2. The van der Waals surface area contributed by atoms with Crippen LogP contribution in [0.2, 0.25) is 5.02 Å². The highest BCUT2D eigenvalue weighted by Gasteiger charge is 2.19. The number of hydrogen-bond donors (Lipinski definition) is 0. The van der Waals surface area contributed by atoms with Crippen molar-refractivity contribution in [3.63, 3.8) is 0 Å². The lowest BCUT2D eigenvalue weighted by Gasteiger charge is -2.12. The number of halogens is 3. The van der Waals surface area contributed by atoms with Gasteiger partial charge in [0.25, 0.3) is 5.56 Å². The monoisotopic (exact) mass is 545 g/mol. The molecule has 142 valence electrons. The second-order valence-corrected chi connectivity index (χ2v) is 9.55. The molecule has 0 N–H and O–H groups in total. The van der Waals surface area contributed by atoms with E-state index in [4.69, 9.17) is 16.6 Å². The zero-order chi connectivity index (χ0) is 20.1. The third-order valence-corrected chi connectivity index (χ3v) is 6.79. The Balaban J connectivity index is 1.91. The largest absolute Gasteiger partial charge is 0.269 e. The van der Waals surface area contributed by atoms with Gasteiger partial charge in [0.05, 0.1) is 21.1 Å². The number of aromatic nitrogens is 3. The summed E-state index contributed by atoms with van der Waals surface area (Å²) in [6.07, 6.45) is 0. The van der Waals surface area contributed by atoms with Crippen LogP contribution in [-0.4, -0.2) is 14.5 Å². The minimum atomic E-state index is -0.182. The molecular formula is C21H10Br2ClN3OS. The normalized spacial score (nSPS) is 11.4. The first-order chi connectivity index (χ1) is 14.0. The van der Waals surface area contributed by atoms with E-state index in [0.29, 0.717) is 31.4 Å².